The molecule has 0 aromatic carbocycles. The number of rotatable bonds is 4. The monoisotopic (exact) mass is 310 g/mol. The van der Waals surface area contributed by atoms with Crippen molar-refractivity contribution >= 4 is 46.9 Å². The van der Waals surface area contributed by atoms with Gasteiger partial charge in [-0.15, -0.1) is 0 Å². The fourth-order valence-corrected chi connectivity index (χ4v) is 0.894. The van der Waals surface area contributed by atoms with Gasteiger partial charge in [-0.3, -0.25) is 9.59 Å². The molecule has 0 bridgehead atoms. The third kappa shape index (κ3) is 23.6. The van der Waals surface area contributed by atoms with E-state index in [9.17, 15) is 29.4 Å². The van der Waals surface area contributed by atoms with Gasteiger partial charge in [-0.05, 0) is 39.8 Å². The maximum atomic E-state index is 10.3. The van der Waals surface area contributed by atoms with Crippen LogP contribution < -0.4 is 10.2 Å². The van der Waals surface area contributed by atoms with Gasteiger partial charge in [-0.1, -0.05) is 0 Å². The van der Waals surface area contributed by atoms with E-state index in [0.29, 0.717) is 0 Å². The Morgan fingerprint density at radius 1 is 0.714 bits per heavy atom. The van der Waals surface area contributed by atoms with Crippen molar-refractivity contribution < 1.29 is 38.9 Å². The minimum atomic E-state index is -1.66. The second-order valence-corrected chi connectivity index (χ2v) is 3.44. The molecule has 0 radical (unpaired) electrons. The van der Waals surface area contributed by atoms with E-state index in [2.05, 4.69) is 9.47 Å². The molecule has 0 aliphatic heterocycles. The number of hydrogen-bond acceptors (Lipinski definition) is 8. The molecule has 112 valence electrons. The predicted molar refractivity (Wildman–Crippen MR) is 67.6 cm³/mol. The summed E-state index contributed by atoms with van der Waals surface area (Å²) in [6.07, 6.45) is -1.18. The van der Waals surface area contributed by atoms with E-state index in [1.165, 1.54) is 27.7 Å². The molecule has 0 saturated heterocycles. The van der Waals surface area contributed by atoms with Crippen LogP contribution in [0.2, 0.25) is 0 Å². The summed E-state index contributed by atoms with van der Waals surface area (Å²) < 4.78 is 8.01. The Labute approximate surface area is 137 Å². The first-order valence-corrected chi connectivity index (χ1v) is 5.20. The van der Waals surface area contributed by atoms with Gasteiger partial charge >= 0.3 is 23.1 Å². The zero-order chi connectivity index (χ0) is 16.3. The second-order valence-electron chi connectivity index (χ2n) is 3.44. The first kappa shape index (κ1) is 24.2. The molecule has 0 atom stereocenters. The fourth-order valence-electron chi connectivity index (χ4n) is 0.894. The first-order valence-electron chi connectivity index (χ1n) is 5.20. The zero-order valence-electron chi connectivity index (χ0n) is 12.1. The number of ketones is 2. The molecule has 0 fully saturated rings. The van der Waals surface area contributed by atoms with Crippen LogP contribution in [0.1, 0.15) is 27.7 Å². The zero-order valence-corrected chi connectivity index (χ0v) is 13.5. The molecule has 0 spiro atoms. The summed E-state index contributed by atoms with van der Waals surface area (Å²) in [4.78, 5) is 39.9. The van der Waals surface area contributed by atoms with Gasteiger partial charge < -0.3 is 29.3 Å². The van der Waals surface area contributed by atoms with Gasteiger partial charge in [0.2, 0.25) is 0 Å². The number of ether oxygens (including phenoxy) is 2. The van der Waals surface area contributed by atoms with Crippen LogP contribution in [-0.2, 0) is 19.1 Å². The molecule has 0 rings (SSSR count). The summed E-state index contributed by atoms with van der Waals surface area (Å²) in [5.41, 5.74) is 0. The third-order valence-corrected chi connectivity index (χ3v) is 1.30. The smallest absolute Gasteiger partial charge is 0.519 e. The molecular formula is C12H14MgO8. The third-order valence-electron chi connectivity index (χ3n) is 1.30. The summed E-state index contributed by atoms with van der Waals surface area (Å²) in [7, 11) is 0. The normalized spacial score (nSPS) is 10.3. The van der Waals surface area contributed by atoms with Crippen molar-refractivity contribution in [3.8, 4) is 0 Å². The predicted octanol–water partition coefficient (Wildman–Crippen LogP) is -0.703. The van der Waals surface area contributed by atoms with Crippen LogP contribution in [0.3, 0.4) is 0 Å². The van der Waals surface area contributed by atoms with Gasteiger partial charge in [-0.25, -0.2) is 0 Å². The number of carboxylic acid groups (broad SMARTS) is 2. The average Bonchev–Trinajstić information content (AvgIpc) is 2.11. The molecular weight excluding hydrogens is 296 g/mol. The Morgan fingerprint density at radius 2 is 0.952 bits per heavy atom. The van der Waals surface area contributed by atoms with Crippen LogP contribution >= 0.6 is 0 Å². The van der Waals surface area contributed by atoms with Gasteiger partial charge in [0.05, 0.1) is 0 Å². The molecule has 0 aromatic rings. The van der Waals surface area contributed by atoms with E-state index >= 15 is 0 Å². The average molecular weight is 311 g/mol. The van der Waals surface area contributed by atoms with Crippen LogP contribution in [0.4, 0.5) is 9.59 Å². The summed E-state index contributed by atoms with van der Waals surface area (Å²) >= 11 is 0. The van der Waals surface area contributed by atoms with Crippen LogP contribution in [0.5, 0.6) is 0 Å². The van der Waals surface area contributed by atoms with Crippen LogP contribution in [0, 0.1) is 0 Å². The van der Waals surface area contributed by atoms with Crippen molar-refractivity contribution in [3.63, 3.8) is 0 Å². The quantitative estimate of drug-likeness (QED) is 0.288. The maximum absolute atomic E-state index is 10.3. The van der Waals surface area contributed by atoms with Crippen LogP contribution in [-0.4, -0.2) is 46.9 Å². The SMILES string of the molecule is CC(=O)/C=C(/C)OC(=O)[O-].CC(=O)/C=C(/C)OC(=O)[O-].[Mg+2]. The van der Waals surface area contributed by atoms with Crippen molar-refractivity contribution in [1.29, 1.82) is 0 Å². The largest absolute Gasteiger partial charge is 2.00 e. The second kappa shape index (κ2) is 13.1. The molecule has 9 heteroatoms. The fraction of sp³-hybridized carbons (Fsp3) is 0.333. The van der Waals surface area contributed by atoms with Gasteiger partial charge in [0.15, 0.2) is 11.6 Å². The van der Waals surface area contributed by atoms with Crippen molar-refractivity contribution in [2.75, 3.05) is 0 Å². The molecule has 0 N–H and O–H groups in total. The van der Waals surface area contributed by atoms with Gasteiger partial charge in [0.1, 0.15) is 0 Å². The van der Waals surface area contributed by atoms with E-state index in [0.717, 1.165) is 12.2 Å². The Bertz CT molecular complexity index is 408. The minimum absolute atomic E-state index is 0. The van der Waals surface area contributed by atoms with E-state index in [1.54, 1.807) is 0 Å². The van der Waals surface area contributed by atoms with Gasteiger partial charge in [-0.2, -0.15) is 0 Å². The standard InChI is InChI=1S/2C6H8O4.Mg/c2*1-4(7)3-5(2)10-6(8)9;/h2*3H,1-2H3,(H,8,9);/q;;+2/p-2/b2*5-3-;. The van der Waals surface area contributed by atoms with E-state index in [1.807, 2.05) is 0 Å². The van der Waals surface area contributed by atoms with Crippen molar-refractivity contribution in [2.45, 2.75) is 27.7 Å². The van der Waals surface area contributed by atoms with E-state index in [-0.39, 0.29) is 46.1 Å². The van der Waals surface area contributed by atoms with E-state index < -0.39 is 12.3 Å². The van der Waals surface area contributed by atoms with Crippen molar-refractivity contribution in [2.24, 2.45) is 0 Å². The molecule has 0 heterocycles. The van der Waals surface area contributed by atoms with Gasteiger partial charge in [0.25, 0.3) is 12.3 Å². The van der Waals surface area contributed by atoms with Crippen LogP contribution in [0.15, 0.2) is 23.7 Å². The summed E-state index contributed by atoms with van der Waals surface area (Å²) in [6, 6.07) is 0. The summed E-state index contributed by atoms with van der Waals surface area (Å²) in [5, 5.41) is 19.4. The Hall–Kier alpha value is -1.87. The number of hydrogen-bond donors (Lipinski definition) is 0. The Balaban J connectivity index is -0.000000295. The van der Waals surface area contributed by atoms with Crippen LogP contribution in [0.25, 0.3) is 0 Å². The molecule has 0 aliphatic rings. The number of carbonyl (C=O) groups excluding carboxylic acids is 4. The summed E-state index contributed by atoms with van der Waals surface area (Å²) in [5.74, 6) is -0.488. The summed E-state index contributed by atoms with van der Waals surface area (Å²) in [6.45, 7) is 5.30. The first-order chi connectivity index (χ1) is 9.04. The Kier molecular flexibility index (Phi) is 15.1. The number of allylic oxidation sites excluding steroid dienone is 4. The minimum Gasteiger partial charge on any atom is -0.519 e. The molecule has 0 unspecified atom stereocenters. The molecule has 0 amide bonds. The number of carbonyl (C=O) groups is 4. The van der Waals surface area contributed by atoms with Crippen molar-refractivity contribution in [1.82, 2.24) is 0 Å². The molecule has 0 aromatic heterocycles. The van der Waals surface area contributed by atoms with Gasteiger partial charge in [0, 0.05) is 11.5 Å². The topological polar surface area (TPSA) is 133 Å². The Morgan fingerprint density at radius 3 is 1.10 bits per heavy atom. The molecule has 0 saturated carbocycles. The van der Waals surface area contributed by atoms with Crippen molar-refractivity contribution in [3.05, 3.63) is 23.7 Å². The maximum Gasteiger partial charge on any atom is 2.00 e. The molecule has 0 aliphatic carbocycles. The molecule has 21 heavy (non-hydrogen) atoms. The molecule has 8 nitrogen and oxygen atoms in total. The van der Waals surface area contributed by atoms with E-state index in [4.69, 9.17) is 0 Å².